The number of benzene rings is 2. The van der Waals surface area contributed by atoms with Crippen LogP contribution in [0.1, 0.15) is 16.1 Å². The third kappa shape index (κ3) is 4.86. The zero-order valence-electron chi connectivity index (χ0n) is 15.6. The lowest BCUT2D eigenvalue weighted by molar-refractivity contribution is -0.123. The van der Waals surface area contributed by atoms with Crippen molar-refractivity contribution in [2.24, 2.45) is 0 Å². The van der Waals surface area contributed by atoms with Gasteiger partial charge in [-0.15, -0.1) is 11.3 Å². The number of hydrogen-bond acceptors (Lipinski definition) is 5. The molecule has 0 radical (unpaired) electrons. The van der Waals surface area contributed by atoms with Gasteiger partial charge in [0.2, 0.25) is 0 Å². The molecule has 27 heavy (non-hydrogen) atoms. The maximum Gasteiger partial charge on any atom is 0.258 e. The fraction of sp³-hybridized carbons (Fsp3) is 0.238. The van der Waals surface area contributed by atoms with Crippen molar-refractivity contribution < 1.29 is 14.3 Å². The van der Waals surface area contributed by atoms with E-state index < -0.39 is 0 Å². The first-order valence-corrected chi connectivity index (χ1v) is 9.44. The summed E-state index contributed by atoms with van der Waals surface area (Å²) in [6, 6.07) is 15.3. The Balaban J connectivity index is 1.57. The molecule has 0 unspecified atom stereocenters. The first kappa shape index (κ1) is 18.9. The third-order valence-electron chi connectivity index (χ3n) is 4.13. The quantitative estimate of drug-likeness (QED) is 0.667. The molecule has 0 saturated carbocycles. The Labute approximate surface area is 163 Å². The lowest BCUT2D eigenvalue weighted by Crippen LogP contribution is -2.28. The zero-order chi connectivity index (χ0) is 19.2. The maximum absolute atomic E-state index is 12.1. The number of ether oxygens (including phenoxy) is 2. The molecule has 0 aliphatic carbocycles. The van der Waals surface area contributed by atoms with Gasteiger partial charge >= 0.3 is 0 Å². The van der Waals surface area contributed by atoms with Crippen molar-refractivity contribution in [2.45, 2.75) is 20.4 Å². The van der Waals surface area contributed by atoms with Gasteiger partial charge in [0.25, 0.3) is 5.91 Å². The summed E-state index contributed by atoms with van der Waals surface area (Å²) >= 11 is 1.60. The Morgan fingerprint density at radius 1 is 1.11 bits per heavy atom. The van der Waals surface area contributed by atoms with E-state index in [1.807, 2.05) is 31.2 Å². The molecule has 0 bridgehead atoms. The molecule has 1 amide bonds. The molecule has 1 aromatic heterocycles. The van der Waals surface area contributed by atoms with Gasteiger partial charge in [0.05, 0.1) is 19.3 Å². The number of aryl methyl sites for hydroxylation is 2. The van der Waals surface area contributed by atoms with E-state index in [1.165, 1.54) is 5.56 Å². The predicted octanol–water partition coefficient (Wildman–Crippen LogP) is 4.13. The van der Waals surface area contributed by atoms with E-state index in [9.17, 15) is 4.79 Å². The topological polar surface area (TPSA) is 60.5 Å². The van der Waals surface area contributed by atoms with Gasteiger partial charge in [-0.05, 0) is 31.5 Å². The van der Waals surface area contributed by atoms with Gasteiger partial charge in [-0.25, -0.2) is 4.98 Å². The summed E-state index contributed by atoms with van der Waals surface area (Å²) in [5.74, 6) is 1.11. The van der Waals surface area contributed by atoms with Crippen molar-refractivity contribution >= 4 is 17.2 Å². The van der Waals surface area contributed by atoms with E-state index in [1.54, 1.807) is 30.6 Å². The summed E-state index contributed by atoms with van der Waals surface area (Å²) in [4.78, 5) is 17.8. The molecule has 2 aromatic carbocycles. The molecular weight excluding hydrogens is 360 g/mol. The molecule has 0 spiro atoms. The summed E-state index contributed by atoms with van der Waals surface area (Å²) in [7, 11) is 1.59. The summed E-state index contributed by atoms with van der Waals surface area (Å²) in [6.07, 6.45) is 0. The number of methoxy groups -OCH3 is 1. The maximum atomic E-state index is 12.1. The average Bonchev–Trinajstić information content (AvgIpc) is 3.05. The van der Waals surface area contributed by atoms with Crippen LogP contribution in [0.2, 0.25) is 0 Å². The normalized spacial score (nSPS) is 10.5. The van der Waals surface area contributed by atoms with E-state index in [0.717, 1.165) is 21.1 Å². The number of amides is 1. The number of nitrogens with one attached hydrogen (secondary N) is 1. The van der Waals surface area contributed by atoms with Crippen LogP contribution in [0.5, 0.6) is 11.5 Å². The van der Waals surface area contributed by atoms with Crippen LogP contribution in [0, 0.1) is 13.8 Å². The molecule has 6 heteroatoms. The molecule has 3 rings (SSSR count). The van der Waals surface area contributed by atoms with E-state index in [4.69, 9.17) is 9.47 Å². The SMILES string of the molecule is COc1cccc(OCC(=O)NCc2sc(-c3ccccc3C)nc2C)c1. The molecule has 0 saturated heterocycles. The highest BCUT2D eigenvalue weighted by atomic mass is 32.1. The van der Waals surface area contributed by atoms with Crippen molar-refractivity contribution in [1.82, 2.24) is 10.3 Å². The van der Waals surface area contributed by atoms with Crippen molar-refractivity contribution in [2.75, 3.05) is 13.7 Å². The van der Waals surface area contributed by atoms with Gasteiger partial charge in [0.15, 0.2) is 6.61 Å². The molecule has 3 aromatic rings. The smallest absolute Gasteiger partial charge is 0.258 e. The van der Waals surface area contributed by atoms with Crippen LogP contribution in [-0.2, 0) is 11.3 Å². The van der Waals surface area contributed by atoms with Gasteiger partial charge in [-0.1, -0.05) is 30.3 Å². The highest BCUT2D eigenvalue weighted by molar-refractivity contribution is 7.15. The summed E-state index contributed by atoms with van der Waals surface area (Å²) in [6.45, 7) is 4.43. The molecule has 0 aliphatic heterocycles. The van der Waals surface area contributed by atoms with Crippen LogP contribution < -0.4 is 14.8 Å². The van der Waals surface area contributed by atoms with Crippen LogP contribution >= 0.6 is 11.3 Å². The molecule has 5 nitrogen and oxygen atoms in total. The highest BCUT2D eigenvalue weighted by Crippen LogP contribution is 2.30. The summed E-state index contributed by atoms with van der Waals surface area (Å²) < 4.78 is 10.7. The Kier molecular flexibility index (Phi) is 6.08. The number of hydrogen-bond donors (Lipinski definition) is 1. The number of carbonyl (C=O) groups excluding carboxylic acids is 1. The first-order chi connectivity index (χ1) is 13.1. The number of rotatable bonds is 7. The fourth-order valence-corrected chi connectivity index (χ4v) is 3.68. The van der Waals surface area contributed by atoms with Crippen LogP contribution in [-0.4, -0.2) is 24.6 Å². The standard InChI is InChI=1S/C21H22N2O3S/c1-14-7-4-5-10-18(14)21-23-15(2)19(27-21)12-22-20(24)13-26-17-9-6-8-16(11-17)25-3/h4-11H,12-13H2,1-3H3,(H,22,24). The van der Waals surface area contributed by atoms with Crippen molar-refractivity contribution in [3.05, 3.63) is 64.7 Å². The number of thiazole rings is 1. The number of nitrogens with zero attached hydrogens (tertiary/aromatic N) is 1. The summed E-state index contributed by atoms with van der Waals surface area (Å²) in [5.41, 5.74) is 3.25. The number of aromatic nitrogens is 1. The van der Waals surface area contributed by atoms with Crippen LogP contribution in [0.4, 0.5) is 0 Å². The zero-order valence-corrected chi connectivity index (χ0v) is 16.4. The molecule has 0 fully saturated rings. The van der Waals surface area contributed by atoms with Gasteiger partial charge in [-0.3, -0.25) is 4.79 Å². The minimum atomic E-state index is -0.178. The Morgan fingerprint density at radius 3 is 2.67 bits per heavy atom. The number of carbonyl (C=O) groups is 1. The van der Waals surface area contributed by atoms with Gasteiger partial charge in [-0.2, -0.15) is 0 Å². The molecule has 140 valence electrons. The van der Waals surface area contributed by atoms with E-state index >= 15 is 0 Å². The Hall–Kier alpha value is -2.86. The average molecular weight is 382 g/mol. The van der Waals surface area contributed by atoms with Gasteiger partial charge < -0.3 is 14.8 Å². The summed E-state index contributed by atoms with van der Waals surface area (Å²) in [5, 5.41) is 3.87. The van der Waals surface area contributed by atoms with Crippen molar-refractivity contribution in [3.8, 4) is 22.1 Å². The monoisotopic (exact) mass is 382 g/mol. The largest absolute Gasteiger partial charge is 0.497 e. The minimum Gasteiger partial charge on any atom is -0.497 e. The Bertz CT molecular complexity index is 937. The second kappa shape index (κ2) is 8.68. The van der Waals surface area contributed by atoms with E-state index in [0.29, 0.717) is 18.0 Å². The second-order valence-corrected chi connectivity index (χ2v) is 7.17. The van der Waals surface area contributed by atoms with Crippen LogP contribution in [0.3, 0.4) is 0 Å². The minimum absolute atomic E-state index is 0.0460. The predicted molar refractivity (Wildman–Crippen MR) is 107 cm³/mol. The highest BCUT2D eigenvalue weighted by Gasteiger charge is 2.12. The van der Waals surface area contributed by atoms with Gasteiger partial charge in [0, 0.05) is 16.5 Å². The molecular formula is C21H22N2O3S. The molecule has 0 atom stereocenters. The third-order valence-corrected chi connectivity index (χ3v) is 5.32. The molecule has 1 N–H and O–H groups in total. The van der Waals surface area contributed by atoms with Crippen molar-refractivity contribution in [3.63, 3.8) is 0 Å². The first-order valence-electron chi connectivity index (χ1n) is 8.62. The molecule has 1 heterocycles. The van der Waals surface area contributed by atoms with Crippen LogP contribution in [0.15, 0.2) is 48.5 Å². The van der Waals surface area contributed by atoms with E-state index in [2.05, 4.69) is 29.4 Å². The Morgan fingerprint density at radius 2 is 1.89 bits per heavy atom. The van der Waals surface area contributed by atoms with Crippen molar-refractivity contribution in [1.29, 1.82) is 0 Å². The van der Waals surface area contributed by atoms with Gasteiger partial charge in [0.1, 0.15) is 16.5 Å². The lowest BCUT2D eigenvalue weighted by atomic mass is 10.1. The molecule has 0 aliphatic rings. The van der Waals surface area contributed by atoms with Crippen LogP contribution in [0.25, 0.3) is 10.6 Å². The lowest BCUT2D eigenvalue weighted by Gasteiger charge is -2.08. The second-order valence-electron chi connectivity index (χ2n) is 6.09. The van der Waals surface area contributed by atoms with E-state index in [-0.39, 0.29) is 12.5 Å². The fourth-order valence-electron chi connectivity index (χ4n) is 2.59.